The van der Waals surface area contributed by atoms with E-state index in [9.17, 15) is 0 Å². The van der Waals surface area contributed by atoms with Gasteiger partial charge >= 0.3 is 0 Å². The van der Waals surface area contributed by atoms with Gasteiger partial charge in [-0.3, -0.25) is 0 Å². The Labute approximate surface area is 126 Å². The first-order valence-electron chi connectivity index (χ1n) is 7.23. The summed E-state index contributed by atoms with van der Waals surface area (Å²) >= 11 is 0. The van der Waals surface area contributed by atoms with Gasteiger partial charge in [0.05, 0.1) is 19.4 Å². The van der Waals surface area contributed by atoms with Gasteiger partial charge in [-0.2, -0.15) is 0 Å². The van der Waals surface area contributed by atoms with E-state index in [1.54, 1.807) is 13.4 Å². The van der Waals surface area contributed by atoms with E-state index < -0.39 is 0 Å². The van der Waals surface area contributed by atoms with Gasteiger partial charge in [0.1, 0.15) is 5.76 Å². The molecule has 2 aromatic rings. The zero-order chi connectivity index (χ0) is 15.1. The molecule has 4 heteroatoms. The van der Waals surface area contributed by atoms with Crippen LogP contribution >= 0.6 is 0 Å². The number of hydrogen-bond donors (Lipinski definition) is 1. The third-order valence-corrected chi connectivity index (χ3v) is 3.42. The van der Waals surface area contributed by atoms with Crippen LogP contribution < -0.4 is 10.2 Å². The molecule has 0 spiro atoms. The van der Waals surface area contributed by atoms with Crippen LogP contribution in [-0.2, 0) is 17.8 Å². The Morgan fingerprint density at radius 3 is 2.86 bits per heavy atom. The molecule has 1 aromatic heterocycles. The number of anilines is 1. The fraction of sp³-hybridized carbons (Fsp3) is 0.412. The zero-order valence-corrected chi connectivity index (χ0v) is 13.1. The number of furan rings is 1. The normalized spacial score (nSPS) is 10.8. The Morgan fingerprint density at radius 1 is 1.29 bits per heavy atom. The van der Waals surface area contributed by atoms with Gasteiger partial charge in [-0.25, -0.2) is 0 Å². The number of nitrogens with one attached hydrogen (secondary N) is 1. The van der Waals surface area contributed by atoms with Crippen LogP contribution in [0, 0.1) is 6.92 Å². The van der Waals surface area contributed by atoms with E-state index in [1.807, 2.05) is 12.1 Å². The summed E-state index contributed by atoms with van der Waals surface area (Å²) < 4.78 is 10.5. The lowest BCUT2D eigenvalue weighted by Gasteiger charge is -2.22. The van der Waals surface area contributed by atoms with Crippen molar-refractivity contribution >= 4 is 5.69 Å². The zero-order valence-electron chi connectivity index (χ0n) is 13.1. The summed E-state index contributed by atoms with van der Waals surface area (Å²) in [7, 11) is 3.81. The highest BCUT2D eigenvalue weighted by Gasteiger charge is 2.09. The number of ether oxygens (including phenoxy) is 1. The topological polar surface area (TPSA) is 37.6 Å². The van der Waals surface area contributed by atoms with Gasteiger partial charge in [0, 0.05) is 32.9 Å². The van der Waals surface area contributed by atoms with E-state index in [1.165, 1.54) is 16.8 Å². The number of hydrogen-bond acceptors (Lipinski definition) is 4. The van der Waals surface area contributed by atoms with Gasteiger partial charge in [0.2, 0.25) is 0 Å². The van der Waals surface area contributed by atoms with Crippen molar-refractivity contribution in [3.8, 4) is 0 Å². The first kappa shape index (κ1) is 15.6. The quantitative estimate of drug-likeness (QED) is 0.758. The highest BCUT2D eigenvalue weighted by atomic mass is 16.5. The van der Waals surface area contributed by atoms with Crippen LogP contribution in [0.3, 0.4) is 0 Å². The molecule has 2 rings (SSSR count). The highest BCUT2D eigenvalue weighted by molar-refractivity contribution is 5.54. The fourth-order valence-electron chi connectivity index (χ4n) is 2.35. The summed E-state index contributed by atoms with van der Waals surface area (Å²) in [6.45, 7) is 5.30. The highest BCUT2D eigenvalue weighted by Crippen LogP contribution is 2.22. The average molecular weight is 288 g/mol. The molecule has 1 aromatic carbocycles. The molecule has 0 saturated heterocycles. The molecule has 0 saturated carbocycles. The molecule has 0 aliphatic heterocycles. The summed E-state index contributed by atoms with van der Waals surface area (Å²) in [5.74, 6) is 0.969. The molecule has 0 unspecified atom stereocenters. The van der Waals surface area contributed by atoms with E-state index in [0.29, 0.717) is 0 Å². The van der Waals surface area contributed by atoms with Gasteiger partial charge in [-0.15, -0.1) is 0 Å². The summed E-state index contributed by atoms with van der Waals surface area (Å²) in [5.41, 5.74) is 3.79. The van der Waals surface area contributed by atoms with E-state index >= 15 is 0 Å². The summed E-state index contributed by atoms with van der Waals surface area (Å²) in [5, 5.41) is 3.41. The Morgan fingerprint density at radius 2 is 2.14 bits per heavy atom. The number of nitrogens with zero attached hydrogens (tertiary/aromatic N) is 1. The number of methoxy groups -OCH3 is 1. The number of rotatable bonds is 8. The second kappa shape index (κ2) is 7.86. The SMILES string of the molecule is COCCNCc1cc(C)ccc1N(C)Cc1ccco1. The van der Waals surface area contributed by atoms with Gasteiger partial charge in [-0.1, -0.05) is 17.7 Å². The predicted octanol–water partition coefficient (Wildman–Crippen LogP) is 2.96. The lowest BCUT2D eigenvalue weighted by atomic mass is 10.1. The minimum Gasteiger partial charge on any atom is -0.467 e. The monoisotopic (exact) mass is 288 g/mol. The van der Waals surface area contributed by atoms with Crippen LogP contribution in [0.15, 0.2) is 41.0 Å². The standard InChI is InChI=1S/C17H24N2O2/c1-14-6-7-17(15(11-14)12-18-8-10-20-3)19(2)13-16-5-4-9-21-16/h4-7,9,11,18H,8,10,12-13H2,1-3H3. The van der Waals surface area contributed by atoms with Crippen LogP contribution in [0.5, 0.6) is 0 Å². The van der Waals surface area contributed by atoms with Crippen LogP contribution in [0.25, 0.3) is 0 Å². The second-order valence-electron chi connectivity index (χ2n) is 5.24. The minimum atomic E-state index is 0.726. The fourth-order valence-corrected chi connectivity index (χ4v) is 2.35. The van der Waals surface area contributed by atoms with E-state index in [4.69, 9.17) is 9.15 Å². The first-order valence-corrected chi connectivity index (χ1v) is 7.23. The average Bonchev–Trinajstić information content (AvgIpc) is 2.96. The molecule has 0 bridgehead atoms. The number of benzene rings is 1. The van der Waals surface area contributed by atoms with Gasteiger partial charge < -0.3 is 19.4 Å². The molecule has 21 heavy (non-hydrogen) atoms. The van der Waals surface area contributed by atoms with Crippen molar-refractivity contribution in [2.24, 2.45) is 0 Å². The molecule has 0 aliphatic carbocycles. The molecular formula is C17H24N2O2. The van der Waals surface area contributed by atoms with Crippen molar-refractivity contribution < 1.29 is 9.15 Å². The molecule has 1 N–H and O–H groups in total. The third kappa shape index (κ3) is 4.62. The largest absolute Gasteiger partial charge is 0.467 e. The molecule has 0 radical (unpaired) electrons. The lowest BCUT2D eigenvalue weighted by Crippen LogP contribution is -2.22. The first-order chi connectivity index (χ1) is 10.2. The van der Waals surface area contributed by atoms with Crippen molar-refractivity contribution in [3.63, 3.8) is 0 Å². The van der Waals surface area contributed by atoms with Gasteiger partial charge in [0.25, 0.3) is 0 Å². The van der Waals surface area contributed by atoms with Gasteiger partial charge in [-0.05, 0) is 30.7 Å². The molecule has 0 amide bonds. The van der Waals surface area contributed by atoms with Crippen LogP contribution in [-0.4, -0.2) is 27.3 Å². The second-order valence-corrected chi connectivity index (χ2v) is 5.24. The molecule has 0 atom stereocenters. The molecule has 1 heterocycles. The van der Waals surface area contributed by atoms with Crippen molar-refractivity contribution in [2.75, 3.05) is 32.2 Å². The maximum absolute atomic E-state index is 5.43. The molecule has 0 aliphatic rings. The van der Waals surface area contributed by atoms with E-state index in [2.05, 4.69) is 42.4 Å². The predicted molar refractivity (Wildman–Crippen MR) is 85.6 cm³/mol. The maximum atomic E-state index is 5.43. The summed E-state index contributed by atoms with van der Waals surface area (Å²) in [6, 6.07) is 10.5. The van der Waals surface area contributed by atoms with Crippen LogP contribution in [0.1, 0.15) is 16.9 Å². The Hall–Kier alpha value is -1.78. The Kier molecular flexibility index (Phi) is 5.84. The van der Waals surface area contributed by atoms with E-state index in [-0.39, 0.29) is 0 Å². The molecule has 0 fully saturated rings. The third-order valence-electron chi connectivity index (χ3n) is 3.42. The van der Waals surface area contributed by atoms with Crippen molar-refractivity contribution in [2.45, 2.75) is 20.0 Å². The number of aryl methyl sites for hydroxylation is 1. The van der Waals surface area contributed by atoms with Crippen molar-refractivity contribution in [1.29, 1.82) is 0 Å². The molecule has 114 valence electrons. The van der Waals surface area contributed by atoms with E-state index in [0.717, 1.165) is 32.0 Å². The smallest absolute Gasteiger partial charge is 0.123 e. The summed E-state index contributed by atoms with van der Waals surface area (Å²) in [4.78, 5) is 2.21. The van der Waals surface area contributed by atoms with Crippen molar-refractivity contribution in [1.82, 2.24) is 5.32 Å². The summed E-state index contributed by atoms with van der Waals surface area (Å²) in [6.07, 6.45) is 1.71. The Bertz CT molecular complexity index is 538. The Balaban J connectivity index is 2.06. The molecular weight excluding hydrogens is 264 g/mol. The molecule has 4 nitrogen and oxygen atoms in total. The lowest BCUT2D eigenvalue weighted by molar-refractivity contribution is 0.199. The maximum Gasteiger partial charge on any atom is 0.123 e. The van der Waals surface area contributed by atoms with Gasteiger partial charge in [0.15, 0.2) is 0 Å². The van der Waals surface area contributed by atoms with Crippen molar-refractivity contribution in [3.05, 3.63) is 53.5 Å². The minimum absolute atomic E-state index is 0.726. The van der Waals surface area contributed by atoms with Crippen LogP contribution in [0.4, 0.5) is 5.69 Å². The van der Waals surface area contributed by atoms with Crippen LogP contribution in [0.2, 0.25) is 0 Å².